The van der Waals surface area contributed by atoms with E-state index in [1.54, 1.807) is 0 Å². The molecule has 1 aromatic heterocycles. The van der Waals surface area contributed by atoms with Crippen LogP contribution in [-0.2, 0) is 10.8 Å². The Balaban J connectivity index is 1.60. The van der Waals surface area contributed by atoms with Gasteiger partial charge in [0.25, 0.3) is 0 Å². The van der Waals surface area contributed by atoms with E-state index >= 15 is 0 Å². The van der Waals surface area contributed by atoms with Crippen molar-refractivity contribution in [3.8, 4) is 17.0 Å². The summed E-state index contributed by atoms with van der Waals surface area (Å²) in [6.07, 6.45) is 0.0693. The molecule has 2 unspecified atom stereocenters. The third-order valence-electron chi connectivity index (χ3n) is 7.44. The minimum absolute atomic E-state index is 0.0311. The Bertz CT molecular complexity index is 1380. The first-order valence-corrected chi connectivity index (χ1v) is 11.6. The van der Waals surface area contributed by atoms with Crippen molar-refractivity contribution in [1.82, 2.24) is 4.98 Å². The monoisotopic (exact) mass is 419 g/mol. The molecular formula is C30H29NO. The van der Waals surface area contributed by atoms with Crippen LogP contribution in [0.1, 0.15) is 68.9 Å². The Morgan fingerprint density at radius 1 is 0.844 bits per heavy atom. The number of pyridine rings is 1. The highest BCUT2D eigenvalue weighted by atomic mass is 16.5. The van der Waals surface area contributed by atoms with Crippen LogP contribution in [0.2, 0.25) is 0 Å². The van der Waals surface area contributed by atoms with E-state index in [1.165, 1.54) is 33.2 Å². The van der Waals surface area contributed by atoms with Crippen molar-refractivity contribution in [3.63, 3.8) is 0 Å². The summed E-state index contributed by atoms with van der Waals surface area (Å²) < 4.78 is 6.51. The Morgan fingerprint density at radius 3 is 2.38 bits per heavy atom. The highest BCUT2D eigenvalue weighted by Crippen LogP contribution is 2.62. The standard InChI is InChI=1S/C30H29NO/c1-29(2,3)22-17-24(31-23-15-8-6-11-18(22)23)19-13-10-14-21-26(19)30(4,5)27-20-12-7-9-16-25(20)32-28(21)27/h6-17,27-28H,1-5H3. The fourth-order valence-electron chi connectivity index (χ4n) is 6.05. The number of para-hydroxylation sites is 2. The quantitative estimate of drug-likeness (QED) is 0.315. The van der Waals surface area contributed by atoms with E-state index in [2.05, 4.69) is 107 Å². The van der Waals surface area contributed by atoms with Crippen molar-refractivity contribution in [2.45, 2.75) is 57.5 Å². The molecule has 0 bridgehead atoms. The van der Waals surface area contributed by atoms with Crippen molar-refractivity contribution in [3.05, 3.63) is 95.1 Å². The predicted molar refractivity (Wildman–Crippen MR) is 131 cm³/mol. The summed E-state index contributed by atoms with van der Waals surface area (Å²) in [7, 11) is 0. The summed E-state index contributed by atoms with van der Waals surface area (Å²) in [5.74, 6) is 1.35. The van der Waals surface area contributed by atoms with Gasteiger partial charge in [-0.2, -0.15) is 0 Å². The van der Waals surface area contributed by atoms with Crippen molar-refractivity contribution in [2.24, 2.45) is 0 Å². The topological polar surface area (TPSA) is 22.1 Å². The Hall–Kier alpha value is -3.13. The average molecular weight is 420 g/mol. The maximum atomic E-state index is 6.51. The molecule has 0 saturated carbocycles. The van der Waals surface area contributed by atoms with Crippen LogP contribution < -0.4 is 4.74 Å². The van der Waals surface area contributed by atoms with Gasteiger partial charge < -0.3 is 4.74 Å². The Kier molecular flexibility index (Phi) is 3.94. The van der Waals surface area contributed by atoms with Crippen LogP contribution in [0.25, 0.3) is 22.2 Å². The van der Waals surface area contributed by atoms with Gasteiger partial charge in [-0.3, -0.25) is 0 Å². The second kappa shape index (κ2) is 6.45. The van der Waals surface area contributed by atoms with Crippen molar-refractivity contribution in [1.29, 1.82) is 0 Å². The third kappa shape index (κ3) is 2.62. The van der Waals surface area contributed by atoms with Crippen LogP contribution in [0.4, 0.5) is 0 Å². The number of aromatic nitrogens is 1. The lowest BCUT2D eigenvalue weighted by atomic mass is 9.73. The second-order valence-corrected chi connectivity index (χ2v) is 10.9. The normalized spacial score (nSPS) is 20.5. The molecule has 2 atom stereocenters. The highest BCUT2D eigenvalue weighted by molar-refractivity contribution is 5.87. The third-order valence-corrected chi connectivity index (χ3v) is 7.44. The first kappa shape index (κ1) is 19.5. The zero-order valence-electron chi connectivity index (χ0n) is 19.4. The van der Waals surface area contributed by atoms with Gasteiger partial charge in [0.15, 0.2) is 0 Å². The number of hydrogen-bond acceptors (Lipinski definition) is 2. The fraction of sp³-hybridized carbons (Fsp3) is 0.300. The summed E-state index contributed by atoms with van der Waals surface area (Å²) >= 11 is 0. The van der Waals surface area contributed by atoms with Gasteiger partial charge in [-0.1, -0.05) is 89.2 Å². The molecule has 0 saturated heterocycles. The molecule has 3 aromatic carbocycles. The van der Waals surface area contributed by atoms with Crippen LogP contribution in [0.5, 0.6) is 5.75 Å². The lowest BCUT2D eigenvalue weighted by Crippen LogP contribution is -2.23. The van der Waals surface area contributed by atoms with E-state index in [1.807, 2.05) is 0 Å². The van der Waals surface area contributed by atoms with E-state index in [0.29, 0.717) is 5.92 Å². The Labute approximate surface area is 190 Å². The molecule has 32 heavy (non-hydrogen) atoms. The van der Waals surface area contributed by atoms with Gasteiger partial charge in [-0.05, 0) is 40.3 Å². The van der Waals surface area contributed by atoms with Crippen LogP contribution >= 0.6 is 0 Å². The number of fused-ring (bicyclic) bond motifs is 6. The SMILES string of the molecule is CC(C)(C)c1cc(-c2cccc3c2C(C)(C)C2c4ccccc4OC32)nc2ccccc12. The summed E-state index contributed by atoms with van der Waals surface area (Å²) in [5, 5.41) is 1.24. The minimum atomic E-state index is -0.0571. The van der Waals surface area contributed by atoms with Gasteiger partial charge >= 0.3 is 0 Å². The molecule has 0 amide bonds. The van der Waals surface area contributed by atoms with Gasteiger partial charge in [-0.25, -0.2) is 4.98 Å². The number of rotatable bonds is 1. The van der Waals surface area contributed by atoms with Crippen LogP contribution in [0, 0.1) is 0 Å². The number of hydrogen-bond donors (Lipinski definition) is 0. The fourth-order valence-corrected chi connectivity index (χ4v) is 6.05. The van der Waals surface area contributed by atoms with E-state index < -0.39 is 0 Å². The van der Waals surface area contributed by atoms with Gasteiger partial charge in [0.05, 0.1) is 11.2 Å². The summed E-state index contributed by atoms with van der Waals surface area (Å²) in [4.78, 5) is 5.16. The van der Waals surface area contributed by atoms with Crippen molar-refractivity contribution >= 4 is 10.9 Å². The summed E-state index contributed by atoms with van der Waals surface area (Å²) in [6.45, 7) is 11.6. The zero-order valence-corrected chi connectivity index (χ0v) is 19.4. The molecule has 160 valence electrons. The molecule has 1 aliphatic heterocycles. The van der Waals surface area contributed by atoms with E-state index in [9.17, 15) is 0 Å². The molecule has 0 radical (unpaired) electrons. The summed E-state index contributed by atoms with van der Waals surface area (Å²) in [5.41, 5.74) is 8.69. The maximum absolute atomic E-state index is 6.51. The number of benzene rings is 3. The lowest BCUT2D eigenvalue weighted by molar-refractivity contribution is 0.198. The molecular weight excluding hydrogens is 390 g/mol. The molecule has 0 spiro atoms. The molecule has 2 nitrogen and oxygen atoms in total. The Morgan fingerprint density at radius 2 is 1.56 bits per heavy atom. The lowest BCUT2D eigenvalue weighted by Gasteiger charge is -2.29. The molecule has 0 fully saturated rings. The van der Waals surface area contributed by atoms with E-state index in [-0.39, 0.29) is 16.9 Å². The number of nitrogens with zero attached hydrogens (tertiary/aromatic N) is 1. The molecule has 2 aliphatic rings. The van der Waals surface area contributed by atoms with Gasteiger partial charge in [0.1, 0.15) is 11.9 Å². The zero-order chi connectivity index (χ0) is 22.3. The number of ether oxygens (including phenoxy) is 1. The molecule has 1 aliphatic carbocycles. The maximum Gasteiger partial charge on any atom is 0.132 e. The highest BCUT2D eigenvalue weighted by Gasteiger charge is 2.53. The van der Waals surface area contributed by atoms with Crippen molar-refractivity contribution in [2.75, 3.05) is 0 Å². The average Bonchev–Trinajstić information content (AvgIpc) is 3.26. The molecule has 0 N–H and O–H groups in total. The molecule has 2 heterocycles. The van der Waals surface area contributed by atoms with Crippen molar-refractivity contribution < 1.29 is 4.74 Å². The predicted octanol–water partition coefficient (Wildman–Crippen LogP) is 7.71. The van der Waals surface area contributed by atoms with Gasteiger partial charge in [0, 0.05) is 27.8 Å². The van der Waals surface area contributed by atoms with Crippen LogP contribution in [0.15, 0.2) is 72.8 Å². The molecule has 6 rings (SSSR count). The summed E-state index contributed by atoms with van der Waals surface area (Å²) in [6, 6.07) is 26.1. The minimum Gasteiger partial charge on any atom is -0.485 e. The van der Waals surface area contributed by atoms with Crippen LogP contribution in [-0.4, -0.2) is 4.98 Å². The first-order chi connectivity index (χ1) is 15.3. The van der Waals surface area contributed by atoms with E-state index in [4.69, 9.17) is 9.72 Å². The smallest absolute Gasteiger partial charge is 0.132 e. The molecule has 4 aromatic rings. The van der Waals surface area contributed by atoms with Crippen LogP contribution in [0.3, 0.4) is 0 Å². The first-order valence-electron chi connectivity index (χ1n) is 11.6. The molecule has 2 heteroatoms. The van der Waals surface area contributed by atoms with Gasteiger partial charge in [0.2, 0.25) is 0 Å². The largest absolute Gasteiger partial charge is 0.485 e. The second-order valence-electron chi connectivity index (χ2n) is 10.9. The van der Waals surface area contributed by atoms with Gasteiger partial charge in [-0.15, -0.1) is 0 Å². The van der Waals surface area contributed by atoms with E-state index in [0.717, 1.165) is 17.0 Å².